The summed E-state index contributed by atoms with van der Waals surface area (Å²) in [5, 5.41) is 9.18. The largest absolute Gasteiger partial charge is 0.475 e. The number of rotatable bonds is 4. The van der Waals surface area contributed by atoms with Gasteiger partial charge in [-0.3, -0.25) is 0 Å². The molecule has 1 aromatic carbocycles. The van der Waals surface area contributed by atoms with E-state index in [0.29, 0.717) is 10.6 Å². The van der Waals surface area contributed by atoms with E-state index in [1.165, 1.54) is 24.3 Å². The lowest BCUT2D eigenvalue weighted by Crippen LogP contribution is -2.04. The minimum atomic E-state index is -3.64. The van der Waals surface area contributed by atoms with Gasteiger partial charge in [-0.25, -0.2) is 13.2 Å². The first kappa shape index (κ1) is 14.6. The van der Waals surface area contributed by atoms with E-state index in [4.69, 9.17) is 21.1 Å². The summed E-state index contributed by atoms with van der Waals surface area (Å²) in [6.45, 7) is 1.54. The fourth-order valence-electron chi connectivity index (χ4n) is 1.76. The van der Waals surface area contributed by atoms with Crippen molar-refractivity contribution in [3.05, 3.63) is 52.4 Å². The van der Waals surface area contributed by atoms with Crippen molar-refractivity contribution in [2.24, 2.45) is 0 Å². The van der Waals surface area contributed by atoms with Crippen LogP contribution < -0.4 is 0 Å². The van der Waals surface area contributed by atoms with Gasteiger partial charge in [-0.15, -0.1) is 0 Å². The van der Waals surface area contributed by atoms with Gasteiger partial charge in [0.1, 0.15) is 11.5 Å². The van der Waals surface area contributed by atoms with Gasteiger partial charge in [0.05, 0.1) is 4.90 Å². The Balaban J connectivity index is 2.34. The average molecular weight is 315 g/mol. The molecule has 0 unspecified atom stereocenters. The van der Waals surface area contributed by atoms with E-state index >= 15 is 0 Å². The first-order valence-electron chi connectivity index (χ1n) is 5.60. The number of hydrogen-bond donors (Lipinski definition) is 1. The van der Waals surface area contributed by atoms with Gasteiger partial charge in [0.2, 0.25) is 5.76 Å². The van der Waals surface area contributed by atoms with Crippen LogP contribution in [-0.2, 0) is 15.6 Å². The summed E-state index contributed by atoms with van der Waals surface area (Å²) in [6, 6.07) is 7.27. The maximum Gasteiger partial charge on any atom is 0.372 e. The van der Waals surface area contributed by atoms with Gasteiger partial charge in [-0.2, -0.15) is 0 Å². The number of hydrogen-bond acceptors (Lipinski definition) is 4. The Labute approximate surface area is 120 Å². The van der Waals surface area contributed by atoms with Gasteiger partial charge in [-0.1, -0.05) is 17.7 Å². The Bertz CT molecular complexity index is 761. The monoisotopic (exact) mass is 314 g/mol. The van der Waals surface area contributed by atoms with Crippen molar-refractivity contribution < 1.29 is 22.7 Å². The zero-order valence-corrected chi connectivity index (χ0v) is 12.0. The molecule has 2 rings (SSSR count). The Morgan fingerprint density at radius 1 is 1.35 bits per heavy atom. The average Bonchev–Trinajstić information content (AvgIpc) is 2.69. The lowest BCUT2D eigenvalue weighted by molar-refractivity contribution is 0.0659. The highest BCUT2D eigenvalue weighted by atomic mass is 35.5. The summed E-state index contributed by atoms with van der Waals surface area (Å²) in [5.41, 5.74) is 0.383. The van der Waals surface area contributed by atoms with Crippen molar-refractivity contribution in [3.63, 3.8) is 0 Å². The highest BCUT2D eigenvalue weighted by molar-refractivity contribution is 7.90. The zero-order chi connectivity index (χ0) is 14.9. The standard InChI is InChI=1S/C13H11ClO5S/c1-8-5-10(19-12(8)13(15)16)7-20(17,18)11-4-2-3-9(14)6-11/h2-6H,7H2,1H3,(H,15,16). The molecule has 0 radical (unpaired) electrons. The maximum absolute atomic E-state index is 12.2. The topological polar surface area (TPSA) is 84.6 Å². The molecule has 106 valence electrons. The highest BCUT2D eigenvalue weighted by Crippen LogP contribution is 2.22. The number of aromatic carboxylic acids is 1. The Morgan fingerprint density at radius 2 is 2.05 bits per heavy atom. The highest BCUT2D eigenvalue weighted by Gasteiger charge is 2.21. The summed E-state index contributed by atoms with van der Waals surface area (Å²) in [4.78, 5) is 10.9. The molecule has 0 saturated carbocycles. The van der Waals surface area contributed by atoms with Crippen molar-refractivity contribution in [1.29, 1.82) is 0 Å². The molecule has 20 heavy (non-hydrogen) atoms. The lowest BCUT2D eigenvalue weighted by atomic mass is 10.3. The smallest absolute Gasteiger partial charge is 0.372 e. The first-order valence-corrected chi connectivity index (χ1v) is 7.63. The first-order chi connectivity index (χ1) is 9.29. The number of halogens is 1. The second-order valence-electron chi connectivity index (χ2n) is 4.25. The molecule has 0 bridgehead atoms. The molecule has 7 heteroatoms. The third-order valence-corrected chi connectivity index (χ3v) is 4.52. The summed E-state index contributed by atoms with van der Waals surface area (Å²) < 4.78 is 29.4. The quantitative estimate of drug-likeness (QED) is 0.938. The van der Waals surface area contributed by atoms with Crippen molar-refractivity contribution in [3.8, 4) is 0 Å². The van der Waals surface area contributed by atoms with Crippen LogP contribution in [0.2, 0.25) is 5.02 Å². The number of carbonyl (C=O) groups is 1. The second kappa shape index (κ2) is 5.30. The molecule has 1 heterocycles. The fourth-order valence-corrected chi connectivity index (χ4v) is 3.29. The zero-order valence-electron chi connectivity index (χ0n) is 10.5. The van der Waals surface area contributed by atoms with Crippen molar-refractivity contribution in [2.75, 3.05) is 0 Å². The van der Waals surface area contributed by atoms with Crippen molar-refractivity contribution >= 4 is 27.4 Å². The van der Waals surface area contributed by atoms with Crippen LogP contribution in [0.1, 0.15) is 21.9 Å². The van der Waals surface area contributed by atoms with Crippen LogP contribution in [0, 0.1) is 6.92 Å². The number of benzene rings is 1. The molecule has 0 aliphatic rings. The van der Waals surface area contributed by atoms with Crippen LogP contribution in [0.3, 0.4) is 0 Å². The normalized spacial score (nSPS) is 11.5. The number of sulfone groups is 1. The number of aryl methyl sites for hydroxylation is 1. The van der Waals surface area contributed by atoms with E-state index < -0.39 is 21.6 Å². The fraction of sp³-hybridized carbons (Fsp3) is 0.154. The second-order valence-corrected chi connectivity index (χ2v) is 6.67. The number of carboxylic acids is 1. The molecule has 0 atom stereocenters. The molecule has 5 nitrogen and oxygen atoms in total. The van der Waals surface area contributed by atoms with Crippen LogP contribution in [0.25, 0.3) is 0 Å². The molecular formula is C13H11ClO5S. The molecule has 0 amide bonds. The van der Waals surface area contributed by atoms with Gasteiger partial charge in [0.25, 0.3) is 0 Å². The van der Waals surface area contributed by atoms with E-state index in [1.807, 2.05) is 0 Å². The predicted molar refractivity (Wildman–Crippen MR) is 72.7 cm³/mol. The molecule has 0 saturated heterocycles. The predicted octanol–water partition coefficient (Wildman–Crippen LogP) is 2.91. The minimum Gasteiger partial charge on any atom is -0.475 e. The van der Waals surface area contributed by atoms with Gasteiger partial charge < -0.3 is 9.52 Å². The van der Waals surface area contributed by atoms with Gasteiger partial charge in [-0.05, 0) is 31.2 Å². The molecule has 0 aliphatic heterocycles. The third kappa shape index (κ3) is 3.02. The van der Waals surface area contributed by atoms with Crippen LogP contribution in [0.15, 0.2) is 39.6 Å². The molecule has 0 aliphatic carbocycles. The summed E-state index contributed by atoms with van der Waals surface area (Å²) >= 11 is 5.76. The van der Waals surface area contributed by atoms with E-state index in [0.717, 1.165) is 0 Å². The summed E-state index contributed by atoms with van der Waals surface area (Å²) in [5.74, 6) is -1.81. The molecule has 2 aromatic rings. The van der Waals surface area contributed by atoms with Crippen molar-refractivity contribution in [2.45, 2.75) is 17.6 Å². The van der Waals surface area contributed by atoms with E-state index in [2.05, 4.69) is 0 Å². The Kier molecular flexibility index (Phi) is 3.87. The Hall–Kier alpha value is -1.79. The van der Waals surface area contributed by atoms with Gasteiger partial charge in [0.15, 0.2) is 9.84 Å². The van der Waals surface area contributed by atoms with E-state index in [1.54, 1.807) is 13.0 Å². The summed E-state index contributed by atoms with van der Waals surface area (Å²) in [7, 11) is -3.64. The van der Waals surface area contributed by atoms with E-state index in [9.17, 15) is 13.2 Å². The molecular weight excluding hydrogens is 304 g/mol. The third-order valence-electron chi connectivity index (χ3n) is 2.65. The Morgan fingerprint density at radius 3 is 2.60 bits per heavy atom. The molecule has 0 fully saturated rings. The van der Waals surface area contributed by atoms with Crippen LogP contribution >= 0.6 is 11.6 Å². The molecule has 1 N–H and O–H groups in total. The minimum absolute atomic E-state index is 0.0657. The summed E-state index contributed by atoms with van der Waals surface area (Å²) in [6.07, 6.45) is 0. The molecule has 0 spiro atoms. The van der Waals surface area contributed by atoms with Crippen LogP contribution in [-0.4, -0.2) is 19.5 Å². The maximum atomic E-state index is 12.2. The van der Waals surface area contributed by atoms with Crippen LogP contribution in [0.5, 0.6) is 0 Å². The number of carboxylic acid groups (broad SMARTS) is 1. The van der Waals surface area contributed by atoms with Gasteiger partial charge in [0, 0.05) is 10.6 Å². The van der Waals surface area contributed by atoms with Crippen LogP contribution in [0.4, 0.5) is 0 Å². The van der Waals surface area contributed by atoms with Crippen molar-refractivity contribution in [1.82, 2.24) is 0 Å². The molecule has 1 aromatic heterocycles. The van der Waals surface area contributed by atoms with E-state index in [-0.39, 0.29) is 16.4 Å². The number of furan rings is 1. The lowest BCUT2D eigenvalue weighted by Gasteiger charge is -2.02. The SMILES string of the molecule is Cc1cc(CS(=O)(=O)c2cccc(Cl)c2)oc1C(=O)O. The van der Waals surface area contributed by atoms with Gasteiger partial charge >= 0.3 is 5.97 Å².